The maximum atomic E-state index is 13.8. The number of carbonyl (C=O) groups is 1. The number of carbonyl (C=O) groups excluding carboxylic acids is 1. The Kier molecular flexibility index (Phi) is 4.47. The van der Waals surface area contributed by atoms with Gasteiger partial charge in [0.2, 0.25) is 0 Å². The van der Waals surface area contributed by atoms with Crippen LogP contribution in [0.25, 0.3) is 16.9 Å². The monoisotopic (exact) mass is 382 g/mol. The van der Waals surface area contributed by atoms with E-state index in [-0.39, 0.29) is 17.1 Å². The molecule has 0 aliphatic heterocycles. The smallest absolute Gasteiger partial charge is 0.260 e. The second-order valence-electron chi connectivity index (χ2n) is 5.63. The Labute approximate surface area is 156 Å². The van der Waals surface area contributed by atoms with Crippen LogP contribution in [-0.4, -0.2) is 20.7 Å². The van der Waals surface area contributed by atoms with Gasteiger partial charge in [-0.1, -0.05) is 24.3 Å². The van der Waals surface area contributed by atoms with E-state index in [1.165, 1.54) is 46.6 Å². The Balaban J connectivity index is 1.51. The molecule has 134 valence electrons. The molecule has 0 radical (unpaired) electrons. The van der Waals surface area contributed by atoms with Gasteiger partial charge in [-0.15, -0.1) is 11.3 Å². The second-order valence-corrected chi connectivity index (χ2v) is 6.49. The number of halogens is 2. The molecule has 4 aromatic rings. The van der Waals surface area contributed by atoms with Crippen LogP contribution in [0.15, 0.2) is 66.3 Å². The molecule has 27 heavy (non-hydrogen) atoms. The number of nitrogens with zero attached hydrogens (tertiary/aromatic N) is 3. The van der Waals surface area contributed by atoms with E-state index in [1.807, 2.05) is 0 Å². The number of amides is 1. The van der Waals surface area contributed by atoms with Crippen LogP contribution in [-0.2, 0) is 0 Å². The lowest BCUT2D eigenvalue weighted by molar-refractivity contribution is 0.102. The van der Waals surface area contributed by atoms with Crippen LogP contribution in [0, 0.1) is 11.6 Å². The van der Waals surface area contributed by atoms with Crippen molar-refractivity contribution >= 4 is 22.4 Å². The Morgan fingerprint density at radius 2 is 1.96 bits per heavy atom. The molecule has 0 spiro atoms. The molecule has 0 atom stereocenters. The van der Waals surface area contributed by atoms with Crippen LogP contribution in [0.5, 0.6) is 0 Å². The number of para-hydroxylation sites is 1. The fraction of sp³-hybridized carbons (Fsp3) is 0. The summed E-state index contributed by atoms with van der Waals surface area (Å²) in [5.74, 6) is -1.21. The van der Waals surface area contributed by atoms with Gasteiger partial charge in [-0.2, -0.15) is 5.10 Å². The van der Waals surface area contributed by atoms with Crippen molar-refractivity contribution in [2.45, 2.75) is 0 Å². The van der Waals surface area contributed by atoms with Gasteiger partial charge in [0.05, 0.1) is 17.5 Å². The Morgan fingerprint density at radius 3 is 2.78 bits per heavy atom. The molecule has 8 heteroatoms. The predicted octanol–water partition coefficient (Wildman–Crippen LogP) is 4.53. The molecule has 2 aromatic carbocycles. The molecule has 1 N–H and O–H groups in total. The molecule has 4 rings (SSSR count). The molecule has 2 heterocycles. The lowest BCUT2D eigenvalue weighted by atomic mass is 10.2. The standard InChI is InChI=1S/C19H12F2N4OS/c20-14-5-3-4-12(8-14)16-11-27-19(23-16)24-18(26)13-9-22-25(10-13)17-7-2-1-6-15(17)21/h1-11H,(H,23,24,26). The zero-order valence-corrected chi connectivity index (χ0v) is 14.6. The Morgan fingerprint density at radius 1 is 1.11 bits per heavy atom. The van der Waals surface area contributed by atoms with Crippen LogP contribution < -0.4 is 5.32 Å². The molecule has 2 aromatic heterocycles. The van der Waals surface area contributed by atoms with Gasteiger partial charge < -0.3 is 0 Å². The molecule has 0 saturated heterocycles. The first-order valence-electron chi connectivity index (χ1n) is 7.92. The fourth-order valence-electron chi connectivity index (χ4n) is 2.49. The first-order chi connectivity index (χ1) is 13.1. The van der Waals surface area contributed by atoms with Crippen molar-refractivity contribution in [1.29, 1.82) is 0 Å². The summed E-state index contributed by atoms with van der Waals surface area (Å²) in [6.07, 6.45) is 2.79. The van der Waals surface area contributed by atoms with Crippen LogP contribution in [0.4, 0.5) is 13.9 Å². The summed E-state index contributed by atoms with van der Waals surface area (Å²) < 4.78 is 28.5. The molecular formula is C19H12F2N4OS. The molecule has 0 aliphatic carbocycles. The molecular weight excluding hydrogens is 370 g/mol. The average Bonchev–Trinajstić information content (AvgIpc) is 3.32. The van der Waals surface area contributed by atoms with Crippen LogP contribution >= 0.6 is 11.3 Å². The van der Waals surface area contributed by atoms with Gasteiger partial charge in [-0.25, -0.2) is 18.4 Å². The van der Waals surface area contributed by atoms with E-state index in [0.717, 1.165) is 0 Å². The molecule has 0 bridgehead atoms. The number of benzene rings is 2. The van der Waals surface area contributed by atoms with Crippen molar-refractivity contribution < 1.29 is 13.6 Å². The minimum atomic E-state index is -0.438. The van der Waals surface area contributed by atoms with E-state index in [2.05, 4.69) is 15.4 Å². The first kappa shape index (κ1) is 17.0. The highest BCUT2D eigenvalue weighted by Gasteiger charge is 2.14. The summed E-state index contributed by atoms with van der Waals surface area (Å²) in [6.45, 7) is 0. The quantitative estimate of drug-likeness (QED) is 0.564. The van der Waals surface area contributed by atoms with Gasteiger partial charge in [0.1, 0.15) is 17.3 Å². The van der Waals surface area contributed by atoms with E-state index in [9.17, 15) is 13.6 Å². The van der Waals surface area contributed by atoms with E-state index >= 15 is 0 Å². The van der Waals surface area contributed by atoms with Crippen molar-refractivity contribution in [3.05, 3.63) is 83.5 Å². The lowest BCUT2D eigenvalue weighted by Gasteiger charge is -2.02. The van der Waals surface area contributed by atoms with E-state index in [1.54, 1.807) is 35.7 Å². The van der Waals surface area contributed by atoms with Gasteiger partial charge in [0, 0.05) is 17.1 Å². The zero-order chi connectivity index (χ0) is 18.8. The molecule has 0 fully saturated rings. The highest BCUT2D eigenvalue weighted by atomic mass is 32.1. The van der Waals surface area contributed by atoms with E-state index in [0.29, 0.717) is 16.4 Å². The summed E-state index contributed by atoms with van der Waals surface area (Å²) in [6, 6.07) is 12.2. The summed E-state index contributed by atoms with van der Waals surface area (Å²) >= 11 is 1.23. The van der Waals surface area contributed by atoms with E-state index < -0.39 is 11.7 Å². The minimum Gasteiger partial charge on any atom is -0.298 e. The number of nitrogens with one attached hydrogen (secondary N) is 1. The molecule has 0 saturated carbocycles. The molecule has 0 unspecified atom stereocenters. The van der Waals surface area contributed by atoms with Crippen LogP contribution in [0.1, 0.15) is 10.4 Å². The van der Waals surface area contributed by atoms with Gasteiger partial charge in [0.15, 0.2) is 5.13 Å². The highest BCUT2D eigenvalue weighted by molar-refractivity contribution is 7.14. The molecule has 1 amide bonds. The highest BCUT2D eigenvalue weighted by Crippen LogP contribution is 2.25. The topological polar surface area (TPSA) is 59.8 Å². The minimum absolute atomic E-state index is 0.249. The van der Waals surface area contributed by atoms with Crippen molar-refractivity contribution in [3.63, 3.8) is 0 Å². The SMILES string of the molecule is O=C(Nc1nc(-c2cccc(F)c2)cs1)c1cnn(-c2ccccc2F)c1. The Bertz CT molecular complexity index is 1120. The maximum Gasteiger partial charge on any atom is 0.260 e. The van der Waals surface area contributed by atoms with Gasteiger partial charge in [0.25, 0.3) is 5.91 Å². The van der Waals surface area contributed by atoms with Gasteiger partial charge in [-0.05, 0) is 24.3 Å². The number of anilines is 1. The van der Waals surface area contributed by atoms with Crippen molar-refractivity contribution in [2.75, 3.05) is 5.32 Å². The van der Waals surface area contributed by atoms with E-state index in [4.69, 9.17) is 0 Å². The van der Waals surface area contributed by atoms with Gasteiger partial charge in [-0.3, -0.25) is 10.1 Å². The third kappa shape index (κ3) is 3.61. The molecule has 5 nitrogen and oxygen atoms in total. The van der Waals surface area contributed by atoms with Crippen LogP contribution in [0.2, 0.25) is 0 Å². The largest absolute Gasteiger partial charge is 0.298 e. The third-order valence-electron chi connectivity index (χ3n) is 3.79. The van der Waals surface area contributed by atoms with Gasteiger partial charge >= 0.3 is 0 Å². The summed E-state index contributed by atoms with van der Waals surface area (Å²) in [5, 5.41) is 8.80. The number of hydrogen-bond acceptors (Lipinski definition) is 4. The fourth-order valence-corrected chi connectivity index (χ4v) is 3.20. The van der Waals surface area contributed by atoms with Crippen molar-refractivity contribution in [2.24, 2.45) is 0 Å². The predicted molar refractivity (Wildman–Crippen MR) is 99.0 cm³/mol. The second kappa shape index (κ2) is 7.08. The summed E-state index contributed by atoms with van der Waals surface area (Å²) in [7, 11) is 0. The zero-order valence-electron chi connectivity index (χ0n) is 13.8. The third-order valence-corrected chi connectivity index (χ3v) is 4.55. The number of aromatic nitrogens is 3. The average molecular weight is 382 g/mol. The lowest BCUT2D eigenvalue weighted by Crippen LogP contribution is -2.10. The normalized spacial score (nSPS) is 10.7. The van der Waals surface area contributed by atoms with Crippen molar-refractivity contribution in [3.8, 4) is 16.9 Å². The Hall–Kier alpha value is -3.39. The maximum absolute atomic E-state index is 13.8. The number of rotatable bonds is 4. The van der Waals surface area contributed by atoms with Crippen LogP contribution in [0.3, 0.4) is 0 Å². The summed E-state index contributed by atoms with van der Waals surface area (Å²) in [5.41, 5.74) is 1.70. The first-order valence-corrected chi connectivity index (χ1v) is 8.80. The number of hydrogen-bond donors (Lipinski definition) is 1. The number of thiazole rings is 1. The molecule has 0 aliphatic rings. The van der Waals surface area contributed by atoms with Crippen molar-refractivity contribution in [1.82, 2.24) is 14.8 Å². The summed E-state index contributed by atoms with van der Waals surface area (Å²) in [4.78, 5) is 16.7.